The highest BCUT2D eigenvalue weighted by atomic mass is 79.9. The lowest BCUT2D eigenvalue weighted by atomic mass is 10.0. The van der Waals surface area contributed by atoms with E-state index in [9.17, 15) is 0 Å². The van der Waals surface area contributed by atoms with Crippen LogP contribution in [0.25, 0.3) is 0 Å². The number of rotatable bonds is 4. The maximum absolute atomic E-state index is 5.87. The van der Waals surface area contributed by atoms with Crippen LogP contribution in [0.3, 0.4) is 0 Å². The summed E-state index contributed by atoms with van der Waals surface area (Å²) < 4.78 is 12.2. The van der Waals surface area contributed by atoms with Crippen molar-refractivity contribution < 1.29 is 9.47 Å². The Bertz CT molecular complexity index is 389. The van der Waals surface area contributed by atoms with Crippen molar-refractivity contribution in [3.8, 4) is 5.75 Å². The number of benzene rings is 1. The molecule has 1 saturated heterocycles. The fourth-order valence-corrected chi connectivity index (χ4v) is 2.81. The molecule has 2 N–H and O–H groups in total. The SMILES string of the molecule is C[C@@H](N)c1ccc(OCC2CCOCC2)cc1Br. The molecule has 0 unspecified atom stereocenters. The molecule has 1 aliphatic rings. The zero-order valence-corrected chi connectivity index (χ0v) is 12.3. The van der Waals surface area contributed by atoms with E-state index in [0.717, 1.165) is 48.4 Å². The normalized spacial score (nSPS) is 18.6. The highest BCUT2D eigenvalue weighted by Crippen LogP contribution is 2.27. The quantitative estimate of drug-likeness (QED) is 0.927. The summed E-state index contributed by atoms with van der Waals surface area (Å²) in [7, 11) is 0. The molecule has 18 heavy (non-hydrogen) atoms. The molecule has 0 aliphatic carbocycles. The first-order chi connectivity index (χ1) is 8.66. The fourth-order valence-electron chi connectivity index (χ4n) is 2.09. The Morgan fingerprint density at radius 1 is 1.44 bits per heavy atom. The first kappa shape index (κ1) is 13.8. The van der Waals surface area contributed by atoms with E-state index < -0.39 is 0 Å². The van der Waals surface area contributed by atoms with Crippen molar-refractivity contribution in [1.29, 1.82) is 0 Å². The van der Waals surface area contributed by atoms with Gasteiger partial charge < -0.3 is 15.2 Å². The molecule has 3 nitrogen and oxygen atoms in total. The molecule has 1 aromatic carbocycles. The van der Waals surface area contributed by atoms with Gasteiger partial charge in [-0.2, -0.15) is 0 Å². The van der Waals surface area contributed by atoms with Gasteiger partial charge in [-0.05, 0) is 43.4 Å². The van der Waals surface area contributed by atoms with Gasteiger partial charge in [-0.25, -0.2) is 0 Å². The van der Waals surface area contributed by atoms with Gasteiger partial charge in [0.2, 0.25) is 0 Å². The van der Waals surface area contributed by atoms with Crippen molar-refractivity contribution in [2.45, 2.75) is 25.8 Å². The van der Waals surface area contributed by atoms with Crippen LogP contribution in [0.2, 0.25) is 0 Å². The first-order valence-electron chi connectivity index (χ1n) is 6.42. The van der Waals surface area contributed by atoms with Gasteiger partial charge in [0.1, 0.15) is 5.75 Å². The van der Waals surface area contributed by atoms with Gasteiger partial charge in [0, 0.05) is 23.7 Å². The molecule has 0 amide bonds. The molecule has 0 aromatic heterocycles. The van der Waals surface area contributed by atoms with Gasteiger partial charge in [0.25, 0.3) is 0 Å². The minimum Gasteiger partial charge on any atom is -0.493 e. The van der Waals surface area contributed by atoms with Crippen molar-refractivity contribution >= 4 is 15.9 Å². The molecule has 1 aromatic rings. The Labute approximate surface area is 117 Å². The molecule has 0 saturated carbocycles. The van der Waals surface area contributed by atoms with Crippen molar-refractivity contribution in [1.82, 2.24) is 0 Å². The lowest BCUT2D eigenvalue weighted by Crippen LogP contribution is -2.21. The average Bonchev–Trinajstić information content (AvgIpc) is 2.37. The highest BCUT2D eigenvalue weighted by molar-refractivity contribution is 9.10. The van der Waals surface area contributed by atoms with Gasteiger partial charge in [-0.3, -0.25) is 0 Å². The second-order valence-electron chi connectivity index (χ2n) is 4.84. The van der Waals surface area contributed by atoms with Crippen molar-refractivity contribution in [3.63, 3.8) is 0 Å². The molecule has 100 valence electrons. The number of hydrogen-bond donors (Lipinski definition) is 1. The molecule has 1 aliphatic heterocycles. The first-order valence-corrected chi connectivity index (χ1v) is 7.21. The Kier molecular flexibility index (Phi) is 5.03. The second-order valence-corrected chi connectivity index (χ2v) is 5.69. The summed E-state index contributed by atoms with van der Waals surface area (Å²) in [5.74, 6) is 1.52. The highest BCUT2D eigenvalue weighted by Gasteiger charge is 2.14. The van der Waals surface area contributed by atoms with E-state index in [0.29, 0.717) is 5.92 Å². The number of halogens is 1. The van der Waals surface area contributed by atoms with Crippen LogP contribution in [0.5, 0.6) is 5.75 Å². The minimum atomic E-state index is 0.0314. The van der Waals surface area contributed by atoms with E-state index in [-0.39, 0.29) is 6.04 Å². The average molecular weight is 314 g/mol. The van der Waals surface area contributed by atoms with Crippen LogP contribution in [0.4, 0.5) is 0 Å². The van der Waals surface area contributed by atoms with Crippen LogP contribution >= 0.6 is 15.9 Å². The van der Waals surface area contributed by atoms with Gasteiger partial charge in [0.15, 0.2) is 0 Å². The standard InChI is InChI=1S/C14H20BrNO2/c1-10(16)13-3-2-12(8-14(13)15)18-9-11-4-6-17-7-5-11/h2-3,8,10-11H,4-7,9,16H2,1H3/t10-/m1/s1. The largest absolute Gasteiger partial charge is 0.493 e. The van der Waals surface area contributed by atoms with Crippen LogP contribution in [-0.4, -0.2) is 19.8 Å². The van der Waals surface area contributed by atoms with E-state index in [2.05, 4.69) is 15.9 Å². The van der Waals surface area contributed by atoms with Gasteiger partial charge in [-0.15, -0.1) is 0 Å². The summed E-state index contributed by atoms with van der Waals surface area (Å²) in [6.07, 6.45) is 2.19. The van der Waals surface area contributed by atoms with Crippen LogP contribution in [0.1, 0.15) is 31.4 Å². The predicted molar refractivity (Wildman–Crippen MR) is 75.8 cm³/mol. The number of nitrogens with two attached hydrogens (primary N) is 1. The Hall–Kier alpha value is -0.580. The Balaban J connectivity index is 1.91. The van der Waals surface area contributed by atoms with Crippen molar-refractivity contribution in [3.05, 3.63) is 28.2 Å². The van der Waals surface area contributed by atoms with Gasteiger partial charge >= 0.3 is 0 Å². The molecular formula is C14H20BrNO2. The summed E-state index contributed by atoms with van der Waals surface area (Å²) in [6.45, 7) is 4.47. The summed E-state index contributed by atoms with van der Waals surface area (Å²) in [5, 5.41) is 0. The fraction of sp³-hybridized carbons (Fsp3) is 0.571. The zero-order chi connectivity index (χ0) is 13.0. The van der Waals surface area contributed by atoms with E-state index in [1.54, 1.807) is 0 Å². The molecule has 4 heteroatoms. The third kappa shape index (κ3) is 3.70. The van der Waals surface area contributed by atoms with Crippen LogP contribution in [0, 0.1) is 5.92 Å². The molecule has 1 heterocycles. The molecule has 2 rings (SSSR count). The lowest BCUT2D eigenvalue weighted by Gasteiger charge is -2.22. The summed E-state index contributed by atoms with van der Waals surface area (Å²) in [6, 6.07) is 6.04. The zero-order valence-electron chi connectivity index (χ0n) is 10.7. The number of ether oxygens (including phenoxy) is 2. The predicted octanol–water partition coefficient (Wildman–Crippen LogP) is 3.27. The maximum Gasteiger partial charge on any atom is 0.120 e. The van der Waals surface area contributed by atoms with E-state index in [4.69, 9.17) is 15.2 Å². The third-order valence-electron chi connectivity index (χ3n) is 3.29. The van der Waals surface area contributed by atoms with Gasteiger partial charge in [0.05, 0.1) is 6.61 Å². The van der Waals surface area contributed by atoms with Crippen molar-refractivity contribution in [2.24, 2.45) is 11.7 Å². The van der Waals surface area contributed by atoms with Crippen LogP contribution < -0.4 is 10.5 Å². The Morgan fingerprint density at radius 3 is 2.78 bits per heavy atom. The van der Waals surface area contributed by atoms with Crippen LogP contribution in [0.15, 0.2) is 22.7 Å². The maximum atomic E-state index is 5.87. The van der Waals surface area contributed by atoms with Gasteiger partial charge in [-0.1, -0.05) is 22.0 Å². The smallest absolute Gasteiger partial charge is 0.120 e. The summed E-state index contributed by atoms with van der Waals surface area (Å²) >= 11 is 3.53. The molecule has 0 spiro atoms. The minimum absolute atomic E-state index is 0.0314. The monoisotopic (exact) mass is 313 g/mol. The second kappa shape index (κ2) is 6.55. The third-order valence-corrected chi connectivity index (χ3v) is 3.98. The summed E-state index contributed by atoms with van der Waals surface area (Å²) in [4.78, 5) is 0. The van der Waals surface area contributed by atoms with E-state index >= 15 is 0 Å². The topological polar surface area (TPSA) is 44.5 Å². The van der Waals surface area contributed by atoms with E-state index in [1.807, 2.05) is 25.1 Å². The van der Waals surface area contributed by atoms with E-state index in [1.165, 1.54) is 0 Å². The summed E-state index contributed by atoms with van der Waals surface area (Å²) in [5.41, 5.74) is 6.98. The molecule has 0 bridgehead atoms. The number of hydrogen-bond acceptors (Lipinski definition) is 3. The lowest BCUT2D eigenvalue weighted by molar-refractivity contribution is 0.0497. The van der Waals surface area contributed by atoms with Crippen molar-refractivity contribution in [2.75, 3.05) is 19.8 Å². The molecular weight excluding hydrogens is 294 g/mol. The molecule has 1 atom stereocenters. The Morgan fingerprint density at radius 2 is 2.17 bits per heavy atom. The molecule has 1 fully saturated rings. The molecule has 0 radical (unpaired) electrons. The van der Waals surface area contributed by atoms with Crippen LogP contribution in [-0.2, 0) is 4.74 Å².